The average molecular weight is 224 g/mol. The lowest BCUT2D eigenvalue weighted by Gasteiger charge is -2.41. The van der Waals surface area contributed by atoms with Gasteiger partial charge >= 0.3 is 0 Å². The molecule has 2 aliphatic rings. The summed E-state index contributed by atoms with van der Waals surface area (Å²) in [5.41, 5.74) is 6.60. The molecule has 2 N–H and O–H groups in total. The van der Waals surface area contributed by atoms with Crippen molar-refractivity contribution < 1.29 is 0 Å². The molecule has 0 aromatic rings. The van der Waals surface area contributed by atoms with Gasteiger partial charge < -0.3 is 10.6 Å². The molecule has 2 fully saturated rings. The molecule has 0 spiro atoms. The zero-order valence-corrected chi connectivity index (χ0v) is 11.2. The molecule has 0 aromatic heterocycles. The molecule has 2 saturated carbocycles. The maximum absolute atomic E-state index is 6.01. The van der Waals surface area contributed by atoms with E-state index >= 15 is 0 Å². The zero-order valence-electron chi connectivity index (χ0n) is 11.2. The standard InChI is InChI=1S/C14H28N2/c1-14(2)8-6-12(7-9-14)16(3)13-5-4-11(15)10-13/h11-13H,4-10,15H2,1-3H3. The van der Waals surface area contributed by atoms with Gasteiger partial charge in [-0.25, -0.2) is 0 Å². The first-order chi connectivity index (χ1) is 7.48. The Morgan fingerprint density at radius 1 is 1.00 bits per heavy atom. The van der Waals surface area contributed by atoms with Crippen LogP contribution in [0.2, 0.25) is 0 Å². The van der Waals surface area contributed by atoms with Gasteiger partial charge in [0.1, 0.15) is 0 Å². The van der Waals surface area contributed by atoms with E-state index in [0.29, 0.717) is 11.5 Å². The van der Waals surface area contributed by atoms with Gasteiger partial charge in [-0.3, -0.25) is 0 Å². The molecule has 2 unspecified atom stereocenters. The van der Waals surface area contributed by atoms with E-state index in [2.05, 4.69) is 25.8 Å². The van der Waals surface area contributed by atoms with E-state index in [1.54, 1.807) is 0 Å². The minimum absolute atomic E-state index is 0.465. The molecule has 2 atom stereocenters. The second kappa shape index (κ2) is 4.66. The van der Waals surface area contributed by atoms with Gasteiger partial charge in [-0.15, -0.1) is 0 Å². The van der Waals surface area contributed by atoms with Crippen LogP contribution in [0.3, 0.4) is 0 Å². The molecule has 0 heterocycles. The highest BCUT2D eigenvalue weighted by Gasteiger charge is 2.33. The monoisotopic (exact) mass is 224 g/mol. The lowest BCUT2D eigenvalue weighted by atomic mass is 9.75. The molecule has 2 rings (SSSR count). The molecular formula is C14H28N2. The Kier molecular flexibility index (Phi) is 3.60. The van der Waals surface area contributed by atoms with Crippen LogP contribution in [0.4, 0.5) is 0 Å². The summed E-state index contributed by atoms with van der Waals surface area (Å²) in [5.74, 6) is 0. The zero-order chi connectivity index (χ0) is 11.8. The molecule has 94 valence electrons. The predicted molar refractivity (Wildman–Crippen MR) is 69.4 cm³/mol. The third-order valence-electron chi connectivity index (χ3n) is 4.91. The van der Waals surface area contributed by atoms with Crippen molar-refractivity contribution in [2.45, 2.75) is 76.9 Å². The van der Waals surface area contributed by atoms with E-state index in [1.165, 1.54) is 44.9 Å². The summed E-state index contributed by atoms with van der Waals surface area (Å²) in [6.45, 7) is 4.82. The Labute approximate surface area is 101 Å². The minimum atomic E-state index is 0.465. The third kappa shape index (κ3) is 2.78. The van der Waals surface area contributed by atoms with E-state index in [1.807, 2.05) is 0 Å². The smallest absolute Gasteiger partial charge is 0.0110 e. The van der Waals surface area contributed by atoms with Crippen molar-refractivity contribution in [1.29, 1.82) is 0 Å². The summed E-state index contributed by atoms with van der Waals surface area (Å²) in [5, 5.41) is 0. The van der Waals surface area contributed by atoms with Crippen molar-refractivity contribution in [2.24, 2.45) is 11.1 Å². The third-order valence-corrected chi connectivity index (χ3v) is 4.91. The van der Waals surface area contributed by atoms with Crippen LogP contribution in [0, 0.1) is 5.41 Å². The second-order valence-corrected chi connectivity index (χ2v) is 6.79. The van der Waals surface area contributed by atoms with Crippen molar-refractivity contribution in [3.63, 3.8) is 0 Å². The first-order valence-electron chi connectivity index (χ1n) is 6.95. The van der Waals surface area contributed by atoms with E-state index in [-0.39, 0.29) is 0 Å². The minimum Gasteiger partial charge on any atom is -0.328 e. The molecule has 0 amide bonds. The molecule has 0 saturated heterocycles. The molecule has 0 aliphatic heterocycles. The van der Waals surface area contributed by atoms with Crippen molar-refractivity contribution in [3.05, 3.63) is 0 Å². The Morgan fingerprint density at radius 3 is 2.12 bits per heavy atom. The Hall–Kier alpha value is -0.0800. The SMILES string of the molecule is CN(C1CCC(C)(C)CC1)C1CCC(N)C1. The van der Waals surface area contributed by atoms with Crippen LogP contribution in [-0.4, -0.2) is 30.1 Å². The van der Waals surface area contributed by atoms with Crippen LogP contribution in [0.25, 0.3) is 0 Å². The van der Waals surface area contributed by atoms with Gasteiger partial charge in [0.15, 0.2) is 0 Å². The van der Waals surface area contributed by atoms with E-state index in [4.69, 9.17) is 5.73 Å². The molecule has 2 heteroatoms. The molecule has 2 aliphatic carbocycles. The fourth-order valence-electron chi connectivity index (χ4n) is 3.45. The number of rotatable bonds is 2. The second-order valence-electron chi connectivity index (χ2n) is 6.79. The summed E-state index contributed by atoms with van der Waals surface area (Å²) in [4.78, 5) is 2.64. The number of hydrogen-bond donors (Lipinski definition) is 1. The van der Waals surface area contributed by atoms with Crippen LogP contribution in [0.1, 0.15) is 58.8 Å². The fourth-order valence-corrected chi connectivity index (χ4v) is 3.45. The highest BCUT2D eigenvalue weighted by atomic mass is 15.2. The normalized spacial score (nSPS) is 35.8. The van der Waals surface area contributed by atoms with Crippen LogP contribution in [0.5, 0.6) is 0 Å². The van der Waals surface area contributed by atoms with Crippen molar-refractivity contribution >= 4 is 0 Å². The van der Waals surface area contributed by atoms with Crippen LogP contribution in [0.15, 0.2) is 0 Å². The van der Waals surface area contributed by atoms with Crippen molar-refractivity contribution in [2.75, 3.05) is 7.05 Å². The molecule has 16 heavy (non-hydrogen) atoms. The topological polar surface area (TPSA) is 29.3 Å². The highest BCUT2D eigenvalue weighted by molar-refractivity contribution is 4.89. The average Bonchev–Trinajstić information content (AvgIpc) is 2.64. The first-order valence-corrected chi connectivity index (χ1v) is 6.95. The van der Waals surface area contributed by atoms with Gasteiger partial charge in [0, 0.05) is 18.1 Å². The van der Waals surface area contributed by atoms with Crippen molar-refractivity contribution in [3.8, 4) is 0 Å². The van der Waals surface area contributed by atoms with Gasteiger partial charge in [0.05, 0.1) is 0 Å². The van der Waals surface area contributed by atoms with Crippen molar-refractivity contribution in [1.82, 2.24) is 4.90 Å². The summed E-state index contributed by atoms with van der Waals surface area (Å²) in [6, 6.07) is 2.05. The maximum Gasteiger partial charge on any atom is 0.0110 e. The lowest BCUT2D eigenvalue weighted by Crippen LogP contribution is -2.42. The van der Waals surface area contributed by atoms with Gasteiger partial charge in [-0.05, 0) is 57.4 Å². The summed E-state index contributed by atoms with van der Waals surface area (Å²) < 4.78 is 0. The number of nitrogens with zero attached hydrogens (tertiary/aromatic N) is 1. The summed E-state index contributed by atoms with van der Waals surface area (Å²) >= 11 is 0. The predicted octanol–water partition coefficient (Wildman–Crippen LogP) is 2.77. The molecule has 0 bridgehead atoms. The lowest BCUT2D eigenvalue weighted by molar-refractivity contribution is 0.0957. The molecule has 0 radical (unpaired) electrons. The van der Waals surface area contributed by atoms with Crippen LogP contribution in [-0.2, 0) is 0 Å². The van der Waals surface area contributed by atoms with Gasteiger partial charge in [-0.2, -0.15) is 0 Å². The van der Waals surface area contributed by atoms with Crippen LogP contribution >= 0.6 is 0 Å². The summed E-state index contributed by atoms with van der Waals surface area (Å²) in [6.07, 6.45) is 9.31. The molecule has 2 nitrogen and oxygen atoms in total. The molecule has 0 aromatic carbocycles. The molecular weight excluding hydrogens is 196 g/mol. The van der Waals surface area contributed by atoms with Crippen LogP contribution < -0.4 is 5.73 Å². The van der Waals surface area contributed by atoms with E-state index in [9.17, 15) is 0 Å². The Balaban J connectivity index is 1.84. The quantitative estimate of drug-likeness (QED) is 0.781. The van der Waals surface area contributed by atoms with E-state index < -0.39 is 0 Å². The van der Waals surface area contributed by atoms with Gasteiger partial charge in [-0.1, -0.05) is 13.8 Å². The Morgan fingerprint density at radius 2 is 1.62 bits per heavy atom. The highest BCUT2D eigenvalue weighted by Crippen LogP contribution is 2.38. The maximum atomic E-state index is 6.01. The number of nitrogens with two attached hydrogens (primary N) is 1. The number of hydrogen-bond acceptors (Lipinski definition) is 2. The van der Waals surface area contributed by atoms with Gasteiger partial charge in [0.25, 0.3) is 0 Å². The van der Waals surface area contributed by atoms with Gasteiger partial charge in [0.2, 0.25) is 0 Å². The summed E-state index contributed by atoms with van der Waals surface area (Å²) in [7, 11) is 2.33. The fraction of sp³-hybridized carbons (Fsp3) is 1.00. The first kappa shape index (κ1) is 12.4. The Bertz CT molecular complexity index is 227. The largest absolute Gasteiger partial charge is 0.328 e. The van der Waals surface area contributed by atoms with E-state index in [0.717, 1.165) is 12.1 Å².